The standard InChI is InChI=1S/C17H21N3O2/c1-3-22-16-10-5-4-7-13(16)12-19-17(18)20-14-8-6-9-15(11-14)21-2/h4-11H,3,12H2,1-2H3,(H3,18,19,20). The normalized spacial score (nSPS) is 11.1. The van der Waals surface area contributed by atoms with Gasteiger partial charge in [-0.1, -0.05) is 24.3 Å². The molecule has 0 saturated carbocycles. The second-order valence-corrected chi connectivity index (χ2v) is 4.60. The smallest absolute Gasteiger partial charge is 0.193 e. The zero-order valence-electron chi connectivity index (χ0n) is 12.9. The molecule has 0 radical (unpaired) electrons. The molecule has 3 N–H and O–H groups in total. The largest absolute Gasteiger partial charge is 0.497 e. The number of aliphatic imine (C=N–C) groups is 1. The van der Waals surface area contributed by atoms with Gasteiger partial charge in [-0.05, 0) is 25.1 Å². The van der Waals surface area contributed by atoms with Crippen molar-refractivity contribution in [2.75, 3.05) is 19.0 Å². The Balaban J connectivity index is 2.03. The molecule has 0 fully saturated rings. The average Bonchev–Trinajstić information content (AvgIpc) is 2.54. The molecule has 0 unspecified atom stereocenters. The first-order valence-corrected chi connectivity index (χ1v) is 7.14. The number of rotatable bonds is 6. The van der Waals surface area contributed by atoms with Gasteiger partial charge in [-0.15, -0.1) is 0 Å². The van der Waals surface area contributed by atoms with Gasteiger partial charge >= 0.3 is 0 Å². The van der Waals surface area contributed by atoms with Gasteiger partial charge < -0.3 is 20.5 Å². The molecule has 0 atom stereocenters. The number of nitrogens with zero attached hydrogens (tertiary/aromatic N) is 1. The Labute approximate surface area is 130 Å². The summed E-state index contributed by atoms with van der Waals surface area (Å²) in [5.41, 5.74) is 7.76. The van der Waals surface area contributed by atoms with Crippen molar-refractivity contribution in [1.82, 2.24) is 0 Å². The van der Waals surface area contributed by atoms with Gasteiger partial charge in [-0.3, -0.25) is 0 Å². The number of nitrogens with one attached hydrogen (secondary N) is 1. The predicted molar refractivity (Wildman–Crippen MR) is 89.6 cm³/mol. The fraction of sp³-hybridized carbons (Fsp3) is 0.235. The van der Waals surface area contributed by atoms with Crippen LogP contribution in [0.1, 0.15) is 12.5 Å². The van der Waals surface area contributed by atoms with E-state index < -0.39 is 0 Å². The van der Waals surface area contributed by atoms with Crippen molar-refractivity contribution < 1.29 is 9.47 Å². The Hall–Kier alpha value is -2.69. The lowest BCUT2D eigenvalue weighted by atomic mass is 10.2. The Morgan fingerprint density at radius 1 is 1.18 bits per heavy atom. The molecule has 5 heteroatoms. The van der Waals surface area contributed by atoms with Gasteiger partial charge in [0.2, 0.25) is 0 Å². The van der Waals surface area contributed by atoms with Gasteiger partial charge in [0, 0.05) is 17.3 Å². The van der Waals surface area contributed by atoms with Crippen LogP contribution in [0.2, 0.25) is 0 Å². The van der Waals surface area contributed by atoms with E-state index in [9.17, 15) is 0 Å². The second kappa shape index (κ2) is 7.93. The van der Waals surface area contributed by atoms with Crippen molar-refractivity contribution in [3.63, 3.8) is 0 Å². The van der Waals surface area contributed by atoms with E-state index in [4.69, 9.17) is 15.2 Å². The lowest BCUT2D eigenvalue weighted by Crippen LogP contribution is -2.22. The van der Waals surface area contributed by atoms with E-state index in [2.05, 4.69) is 10.3 Å². The number of para-hydroxylation sites is 1. The van der Waals surface area contributed by atoms with Crippen LogP contribution in [0.5, 0.6) is 11.5 Å². The highest BCUT2D eigenvalue weighted by molar-refractivity contribution is 5.92. The van der Waals surface area contributed by atoms with E-state index in [-0.39, 0.29) is 0 Å². The zero-order valence-corrected chi connectivity index (χ0v) is 12.9. The molecule has 22 heavy (non-hydrogen) atoms. The molecule has 0 saturated heterocycles. The van der Waals surface area contributed by atoms with E-state index >= 15 is 0 Å². The van der Waals surface area contributed by atoms with Crippen molar-refractivity contribution >= 4 is 11.6 Å². The maximum atomic E-state index is 5.93. The van der Waals surface area contributed by atoms with Gasteiger partial charge in [-0.25, -0.2) is 4.99 Å². The first-order chi connectivity index (χ1) is 10.7. The lowest BCUT2D eigenvalue weighted by molar-refractivity contribution is 0.336. The molecule has 0 bridgehead atoms. The van der Waals surface area contributed by atoms with Crippen molar-refractivity contribution in [1.29, 1.82) is 0 Å². The minimum atomic E-state index is 0.347. The van der Waals surface area contributed by atoms with Crippen molar-refractivity contribution in [3.8, 4) is 11.5 Å². The number of hydrogen-bond donors (Lipinski definition) is 2. The van der Waals surface area contributed by atoms with Crippen molar-refractivity contribution in [2.24, 2.45) is 10.7 Å². The summed E-state index contributed by atoms with van der Waals surface area (Å²) < 4.78 is 10.7. The van der Waals surface area contributed by atoms with E-state index in [1.807, 2.05) is 55.5 Å². The number of ether oxygens (including phenoxy) is 2. The summed E-state index contributed by atoms with van der Waals surface area (Å²) in [4.78, 5) is 4.35. The molecule has 2 rings (SSSR count). The van der Waals surface area contributed by atoms with E-state index in [1.54, 1.807) is 7.11 Å². The second-order valence-electron chi connectivity index (χ2n) is 4.60. The molecule has 2 aromatic carbocycles. The monoisotopic (exact) mass is 299 g/mol. The summed E-state index contributed by atoms with van der Waals surface area (Å²) in [7, 11) is 1.63. The minimum absolute atomic E-state index is 0.347. The van der Waals surface area contributed by atoms with Crippen LogP contribution in [0.4, 0.5) is 5.69 Å². The topological polar surface area (TPSA) is 68.9 Å². The van der Waals surface area contributed by atoms with Crippen LogP contribution >= 0.6 is 0 Å². The van der Waals surface area contributed by atoms with Gasteiger partial charge in [0.05, 0.1) is 20.3 Å². The van der Waals surface area contributed by atoms with E-state index in [0.29, 0.717) is 19.1 Å². The summed E-state index contributed by atoms with van der Waals surface area (Å²) in [6.07, 6.45) is 0. The predicted octanol–water partition coefficient (Wildman–Crippen LogP) is 3.02. The molecule has 5 nitrogen and oxygen atoms in total. The van der Waals surface area contributed by atoms with E-state index in [0.717, 1.165) is 22.7 Å². The number of anilines is 1. The Bertz CT molecular complexity index is 641. The first-order valence-electron chi connectivity index (χ1n) is 7.14. The van der Waals surface area contributed by atoms with Crippen LogP contribution in [0.15, 0.2) is 53.5 Å². The number of nitrogens with two attached hydrogens (primary N) is 1. The Kier molecular flexibility index (Phi) is 5.65. The van der Waals surface area contributed by atoms with Crippen LogP contribution in [0.25, 0.3) is 0 Å². The Morgan fingerprint density at radius 2 is 2.00 bits per heavy atom. The van der Waals surface area contributed by atoms with Crippen molar-refractivity contribution in [3.05, 3.63) is 54.1 Å². The quantitative estimate of drug-likeness (QED) is 0.635. The third-order valence-corrected chi connectivity index (χ3v) is 3.03. The fourth-order valence-corrected chi connectivity index (χ4v) is 1.99. The number of hydrogen-bond acceptors (Lipinski definition) is 3. The lowest BCUT2D eigenvalue weighted by Gasteiger charge is -2.09. The average molecular weight is 299 g/mol. The zero-order chi connectivity index (χ0) is 15.8. The minimum Gasteiger partial charge on any atom is -0.497 e. The molecule has 0 aromatic heterocycles. The van der Waals surface area contributed by atoms with Crippen LogP contribution in [0, 0.1) is 0 Å². The van der Waals surface area contributed by atoms with E-state index in [1.165, 1.54) is 0 Å². The summed E-state index contributed by atoms with van der Waals surface area (Å²) in [5, 5.41) is 3.05. The van der Waals surface area contributed by atoms with Crippen LogP contribution < -0.4 is 20.5 Å². The van der Waals surface area contributed by atoms with Gasteiger partial charge in [-0.2, -0.15) is 0 Å². The maximum absolute atomic E-state index is 5.93. The van der Waals surface area contributed by atoms with Crippen LogP contribution in [0.3, 0.4) is 0 Å². The number of benzene rings is 2. The number of methoxy groups -OCH3 is 1. The summed E-state index contributed by atoms with van der Waals surface area (Å²) in [5.74, 6) is 1.95. The van der Waals surface area contributed by atoms with Crippen LogP contribution in [-0.2, 0) is 6.54 Å². The van der Waals surface area contributed by atoms with Gasteiger partial charge in [0.15, 0.2) is 5.96 Å². The molecule has 0 heterocycles. The summed E-state index contributed by atoms with van der Waals surface area (Å²) in [6.45, 7) is 3.04. The van der Waals surface area contributed by atoms with Gasteiger partial charge in [0.1, 0.15) is 11.5 Å². The highest BCUT2D eigenvalue weighted by Gasteiger charge is 2.02. The summed E-state index contributed by atoms with van der Waals surface area (Å²) in [6, 6.07) is 15.3. The van der Waals surface area contributed by atoms with Crippen molar-refractivity contribution in [2.45, 2.75) is 13.5 Å². The van der Waals surface area contributed by atoms with Gasteiger partial charge in [0.25, 0.3) is 0 Å². The Morgan fingerprint density at radius 3 is 2.77 bits per heavy atom. The molecule has 2 aromatic rings. The fourth-order valence-electron chi connectivity index (χ4n) is 1.99. The molecular formula is C17H21N3O2. The molecular weight excluding hydrogens is 278 g/mol. The molecule has 0 aliphatic rings. The maximum Gasteiger partial charge on any atom is 0.193 e. The molecule has 0 aliphatic heterocycles. The first kappa shape index (κ1) is 15.7. The van der Waals surface area contributed by atoms with Crippen LogP contribution in [-0.4, -0.2) is 19.7 Å². The molecule has 116 valence electrons. The third-order valence-electron chi connectivity index (χ3n) is 3.03. The highest BCUT2D eigenvalue weighted by atomic mass is 16.5. The number of guanidine groups is 1. The molecule has 0 amide bonds. The SMILES string of the molecule is CCOc1ccccc1CN=C(N)Nc1cccc(OC)c1. The molecule has 0 spiro atoms. The molecule has 0 aliphatic carbocycles. The highest BCUT2D eigenvalue weighted by Crippen LogP contribution is 2.19. The third kappa shape index (κ3) is 4.41. The summed E-state index contributed by atoms with van der Waals surface area (Å²) >= 11 is 0.